The summed E-state index contributed by atoms with van der Waals surface area (Å²) in [5, 5.41) is 5.98. The molecule has 2 amide bonds. The summed E-state index contributed by atoms with van der Waals surface area (Å²) in [4.78, 5) is 27.0. The van der Waals surface area contributed by atoms with E-state index in [4.69, 9.17) is 4.74 Å². The number of carbonyl (C=O) groups is 2. The molecule has 1 heterocycles. The SMILES string of the molecule is CC1CN(C(=O)CNc2ccccc2C(=O)Nc2ccccc2)CC(C)O1. The Morgan fingerprint density at radius 2 is 1.63 bits per heavy atom. The predicted molar refractivity (Wildman–Crippen MR) is 106 cm³/mol. The average molecular weight is 367 g/mol. The Balaban J connectivity index is 1.64. The summed E-state index contributed by atoms with van der Waals surface area (Å²) in [6.07, 6.45) is 0.0586. The third kappa shape index (κ3) is 5.08. The van der Waals surface area contributed by atoms with Gasteiger partial charge >= 0.3 is 0 Å². The van der Waals surface area contributed by atoms with Crippen LogP contribution in [-0.2, 0) is 9.53 Å². The molecule has 3 rings (SSSR count). The van der Waals surface area contributed by atoms with Gasteiger partial charge in [0.15, 0.2) is 0 Å². The van der Waals surface area contributed by atoms with E-state index in [-0.39, 0.29) is 30.6 Å². The van der Waals surface area contributed by atoms with Gasteiger partial charge < -0.3 is 20.3 Å². The number of carbonyl (C=O) groups excluding carboxylic acids is 2. The van der Waals surface area contributed by atoms with Crippen LogP contribution >= 0.6 is 0 Å². The zero-order valence-corrected chi connectivity index (χ0v) is 15.6. The monoisotopic (exact) mass is 367 g/mol. The smallest absolute Gasteiger partial charge is 0.257 e. The second-order valence-corrected chi connectivity index (χ2v) is 6.78. The maximum atomic E-state index is 12.6. The second kappa shape index (κ2) is 8.68. The Hall–Kier alpha value is -2.86. The highest BCUT2D eigenvalue weighted by atomic mass is 16.5. The number of hydrogen-bond acceptors (Lipinski definition) is 4. The van der Waals surface area contributed by atoms with Crippen LogP contribution in [0.3, 0.4) is 0 Å². The molecule has 142 valence electrons. The quantitative estimate of drug-likeness (QED) is 0.852. The van der Waals surface area contributed by atoms with E-state index in [0.717, 1.165) is 5.69 Å². The van der Waals surface area contributed by atoms with E-state index in [1.165, 1.54) is 0 Å². The molecular formula is C21H25N3O3. The van der Waals surface area contributed by atoms with Gasteiger partial charge in [-0.2, -0.15) is 0 Å². The minimum Gasteiger partial charge on any atom is -0.376 e. The maximum Gasteiger partial charge on any atom is 0.257 e. The minimum absolute atomic E-state index is 0.00438. The number of ether oxygens (including phenoxy) is 1. The van der Waals surface area contributed by atoms with Crippen LogP contribution < -0.4 is 10.6 Å². The van der Waals surface area contributed by atoms with E-state index in [0.29, 0.717) is 24.3 Å². The molecule has 0 bridgehead atoms. The molecule has 6 nitrogen and oxygen atoms in total. The fourth-order valence-electron chi connectivity index (χ4n) is 3.22. The topological polar surface area (TPSA) is 70.7 Å². The van der Waals surface area contributed by atoms with Gasteiger partial charge in [0, 0.05) is 24.5 Å². The van der Waals surface area contributed by atoms with Crippen LogP contribution in [0, 0.1) is 0 Å². The lowest BCUT2D eigenvalue weighted by Crippen LogP contribution is -2.49. The second-order valence-electron chi connectivity index (χ2n) is 6.78. The lowest BCUT2D eigenvalue weighted by molar-refractivity contribution is -0.141. The van der Waals surface area contributed by atoms with Crippen LogP contribution in [0.25, 0.3) is 0 Å². The van der Waals surface area contributed by atoms with Gasteiger partial charge in [0.2, 0.25) is 5.91 Å². The van der Waals surface area contributed by atoms with Crippen molar-refractivity contribution in [2.75, 3.05) is 30.3 Å². The number of nitrogens with one attached hydrogen (secondary N) is 2. The lowest BCUT2D eigenvalue weighted by Gasteiger charge is -2.35. The normalized spacial score (nSPS) is 19.4. The van der Waals surface area contributed by atoms with Gasteiger partial charge in [-0.1, -0.05) is 30.3 Å². The fraction of sp³-hybridized carbons (Fsp3) is 0.333. The summed E-state index contributed by atoms with van der Waals surface area (Å²) in [5.74, 6) is -0.222. The van der Waals surface area contributed by atoms with Crippen LogP contribution in [0.1, 0.15) is 24.2 Å². The van der Waals surface area contributed by atoms with E-state index in [2.05, 4.69) is 10.6 Å². The number of para-hydroxylation sites is 2. The number of morpholine rings is 1. The highest BCUT2D eigenvalue weighted by molar-refractivity contribution is 6.08. The van der Waals surface area contributed by atoms with Crippen molar-refractivity contribution in [3.63, 3.8) is 0 Å². The van der Waals surface area contributed by atoms with Gasteiger partial charge in [-0.25, -0.2) is 0 Å². The summed E-state index contributed by atoms with van der Waals surface area (Å²) in [7, 11) is 0. The molecule has 0 aliphatic carbocycles. The first-order valence-corrected chi connectivity index (χ1v) is 9.15. The Morgan fingerprint density at radius 3 is 2.33 bits per heavy atom. The third-order valence-electron chi connectivity index (χ3n) is 4.41. The van der Waals surface area contributed by atoms with Crippen molar-refractivity contribution in [3.05, 3.63) is 60.2 Å². The van der Waals surface area contributed by atoms with Gasteiger partial charge in [0.25, 0.3) is 5.91 Å². The van der Waals surface area contributed by atoms with E-state index >= 15 is 0 Å². The molecule has 2 atom stereocenters. The van der Waals surface area contributed by atoms with Crippen molar-refractivity contribution in [1.82, 2.24) is 4.90 Å². The fourth-order valence-corrected chi connectivity index (χ4v) is 3.22. The van der Waals surface area contributed by atoms with Crippen molar-refractivity contribution in [2.45, 2.75) is 26.1 Å². The molecule has 1 fully saturated rings. The van der Waals surface area contributed by atoms with E-state index in [1.54, 1.807) is 23.1 Å². The number of benzene rings is 2. The van der Waals surface area contributed by atoms with Crippen molar-refractivity contribution >= 4 is 23.2 Å². The number of amides is 2. The summed E-state index contributed by atoms with van der Waals surface area (Å²) in [5.41, 5.74) is 1.86. The molecule has 1 saturated heterocycles. The van der Waals surface area contributed by atoms with Crippen molar-refractivity contribution in [2.24, 2.45) is 0 Å². The number of rotatable bonds is 5. The van der Waals surface area contributed by atoms with Crippen LogP contribution in [0.4, 0.5) is 11.4 Å². The highest BCUT2D eigenvalue weighted by Gasteiger charge is 2.25. The summed E-state index contributed by atoms with van der Waals surface area (Å²) >= 11 is 0. The number of hydrogen-bond donors (Lipinski definition) is 2. The Morgan fingerprint density at radius 1 is 1.00 bits per heavy atom. The van der Waals surface area contributed by atoms with E-state index in [1.807, 2.05) is 50.2 Å². The standard InChI is InChI=1S/C21H25N3O3/c1-15-13-24(14-16(2)27-15)20(25)12-22-19-11-7-6-10-18(19)21(26)23-17-8-4-3-5-9-17/h3-11,15-16,22H,12-14H2,1-2H3,(H,23,26). The molecular weight excluding hydrogens is 342 g/mol. The third-order valence-corrected chi connectivity index (χ3v) is 4.41. The van der Waals surface area contributed by atoms with Crippen LogP contribution in [0.5, 0.6) is 0 Å². The highest BCUT2D eigenvalue weighted by Crippen LogP contribution is 2.18. The lowest BCUT2D eigenvalue weighted by atomic mass is 10.1. The number of nitrogens with zero attached hydrogens (tertiary/aromatic N) is 1. The zero-order chi connectivity index (χ0) is 19.2. The molecule has 2 N–H and O–H groups in total. The first-order valence-electron chi connectivity index (χ1n) is 9.15. The average Bonchev–Trinajstić information content (AvgIpc) is 2.66. The Kier molecular flexibility index (Phi) is 6.08. The van der Waals surface area contributed by atoms with Gasteiger partial charge in [0.05, 0.1) is 24.3 Å². The molecule has 0 aromatic heterocycles. The predicted octanol–water partition coefficient (Wildman–Crippen LogP) is 2.99. The molecule has 2 unspecified atom stereocenters. The van der Waals surface area contributed by atoms with Crippen molar-refractivity contribution in [1.29, 1.82) is 0 Å². The molecule has 0 radical (unpaired) electrons. The summed E-state index contributed by atoms with van der Waals surface area (Å²) < 4.78 is 5.67. The molecule has 2 aromatic carbocycles. The van der Waals surface area contributed by atoms with Crippen LogP contribution in [-0.4, -0.2) is 48.6 Å². The molecule has 2 aromatic rings. The van der Waals surface area contributed by atoms with Crippen LogP contribution in [0.2, 0.25) is 0 Å². The molecule has 27 heavy (non-hydrogen) atoms. The van der Waals surface area contributed by atoms with E-state index < -0.39 is 0 Å². The molecule has 1 aliphatic rings. The van der Waals surface area contributed by atoms with Crippen molar-refractivity contribution in [3.8, 4) is 0 Å². The van der Waals surface area contributed by atoms with Crippen LogP contribution in [0.15, 0.2) is 54.6 Å². The van der Waals surface area contributed by atoms with E-state index in [9.17, 15) is 9.59 Å². The Labute approximate surface area is 159 Å². The minimum atomic E-state index is -0.217. The molecule has 6 heteroatoms. The first-order chi connectivity index (χ1) is 13.0. The summed E-state index contributed by atoms with van der Waals surface area (Å²) in [6, 6.07) is 16.5. The first kappa shape index (κ1) is 18.9. The molecule has 0 spiro atoms. The zero-order valence-electron chi connectivity index (χ0n) is 15.6. The Bertz CT molecular complexity index is 784. The molecule has 0 saturated carbocycles. The largest absolute Gasteiger partial charge is 0.376 e. The van der Waals surface area contributed by atoms with Crippen molar-refractivity contribution < 1.29 is 14.3 Å². The molecule has 1 aliphatic heterocycles. The summed E-state index contributed by atoms with van der Waals surface area (Å²) in [6.45, 7) is 5.23. The maximum absolute atomic E-state index is 12.6. The van der Waals surface area contributed by atoms with Gasteiger partial charge in [-0.15, -0.1) is 0 Å². The van der Waals surface area contributed by atoms with Gasteiger partial charge in [0.1, 0.15) is 0 Å². The van der Waals surface area contributed by atoms with Gasteiger partial charge in [-0.05, 0) is 38.1 Å². The number of anilines is 2. The van der Waals surface area contributed by atoms with Gasteiger partial charge in [-0.3, -0.25) is 9.59 Å².